The number of hydrogen-bond acceptors (Lipinski definition) is 3. The monoisotopic (exact) mass is 212 g/mol. The highest BCUT2D eigenvalue weighted by atomic mass is 16.5. The van der Waals surface area contributed by atoms with Gasteiger partial charge in [-0.2, -0.15) is 0 Å². The number of rotatable bonds is 6. The van der Waals surface area contributed by atoms with Crippen LogP contribution in [0.15, 0.2) is 5.11 Å². The highest BCUT2D eigenvalue weighted by Crippen LogP contribution is 2.15. The van der Waals surface area contributed by atoms with E-state index in [0.717, 1.165) is 38.6 Å². The lowest BCUT2D eigenvalue weighted by atomic mass is 10.00. The maximum absolute atomic E-state index is 8.12. The SMILES string of the molecule is CN(CCCN=[N+]=[N-])CC1CCOCC1. The van der Waals surface area contributed by atoms with Crippen LogP contribution in [0.3, 0.4) is 0 Å². The summed E-state index contributed by atoms with van der Waals surface area (Å²) in [5.74, 6) is 0.781. The van der Waals surface area contributed by atoms with E-state index in [4.69, 9.17) is 10.3 Å². The quantitative estimate of drug-likeness (QED) is 0.293. The minimum absolute atomic E-state index is 0.606. The Morgan fingerprint density at radius 2 is 2.20 bits per heavy atom. The van der Waals surface area contributed by atoms with Crippen LogP contribution in [0, 0.1) is 5.92 Å². The summed E-state index contributed by atoms with van der Waals surface area (Å²) in [5, 5.41) is 3.52. The molecule has 0 unspecified atom stereocenters. The predicted octanol–water partition coefficient (Wildman–Crippen LogP) is 2.05. The van der Waals surface area contributed by atoms with Crippen molar-refractivity contribution < 1.29 is 4.74 Å². The fourth-order valence-electron chi connectivity index (χ4n) is 1.92. The Morgan fingerprint density at radius 3 is 2.87 bits per heavy atom. The third-order valence-electron chi connectivity index (χ3n) is 2.77. The third-order valence-corrected chi connectivity index (χ3v) is 2.77. The summed E-state index contributed by atoms with van der Waals surface area (Å²) < 4.78 is 5.32. The van der Waals surface area contributed by atoms with Crippen molar-refractivity contribution >= 4 is 0 Å². The zero-order chi connectivity index (χ0) is 10.9. The molecule has 86 valence electrons. The van der Waals surface area contributed by atoms with Crippen molar-refractivity contribution in [3.63, 3.8) is 0 Å². The van der Waals surface area contributed by atoms with Crippen LogP contribution in [-0.4, -0.2) is 44.8 Å². The van der Waals surface area contributed by atoms with Crippen LogP contribution in [0.5, 0.6) is 0 Å². The Bertz CT molecular complexity index is 209. The summed E-state index contributed by atoms with van der Waals surface area (Å²) in [7, 11) is 2.13. The Labute approximate surface area is 91.0 Å². The van der Waals surface area contributed by atoms with Crippen molar-refractivity contribution in [3.05, 3.63) is 10.4 Å². The van der Waals surface area contributed by atoms with E-state index in [9.17, 15) is 0 Å². The molecule has 5 heteroatoms. The number of nitrogens with zero attached hydrogens (tertiary/aromatic N) is 4. The standard InChI is InChI=1S/C10H20N4O/c1-14(6-2-5-12-13-11)9-10-3-7-15-8-4-10/h10H,2-9H2,1H3. The molecule has 0 radical (unpaired) electrons. The van der Waals surface area contributed by atoms with Crippen LogP contribution in [0.2, 0.25) is 0 Å². The van der Waals surface area contributed by atoms with Crippen LogP contribution in [-0.2, 0) is 4.74 Å². The predicted molar refractivity (Wildman–Crippen MR) is 59.7 cm³/mol. The van der Waals surface area contributed by atoms with Gasteiger partial charge in [0.25, 0.3) is 0 Å². The summed E-state index contributed by atoms with van der Waals surface area (Å²) in [4.78, 5) is 5.06. The summed E-state index contributed by atoms with van der Waals surface area (Å²) in [6, 6.07) is 0. The Morgan fingerprint density at radius 1 is 1.47 bits per heavy atom. The van der Waals surface area contributed by atoms with Gasteiger partial charge in [-0.25, -0.2) is 0 Å². The first-order valence-electron chi connectivity index (χ1n) is 5.60. The molecule has 0 aliphatic carbocycles. The summed E-state index contributed by atoms with van der Waals surface area (Å²) in [6.07, 6.45) is 3.31. The average Bonchev–Trinajstić information content (AvgIpc) is 2.26. The van der Waals surface area contributed by atoms with E-state index in [2.05, 4.69) is 22.0 Å². The van der Waals surface area contributed by atoms with Gasteiger partial charge in [-0.1, -0.05) is 5.11 Å². The van der Waals surface area contributed by atoms with Crippen LogP contribution in [0.4, 0.5) is 0 Å². The van der Waals surface area contributed by atoms with Crippen LogP contribution in [0.25, 0.3) is 10.4 Å². The molecule has 0 N–H and O–H groups in total. The maximum Gasteiger partial charge on any atom is 0.0469 e. The largest absolute Gasteiger partial charge is 0.381 e. The molecular weight excluding hydrogens is 192 g/mol. The van der Waals surface area contributed by atoms with Gasteiger partial charge in [0, 0.05) is 31.2 Å². The molecule has 1 aliphatic heterocycles. The van der Waals surface area contributed by atoms with Crippen LogP contribution < -0.4 is 0 Å². The highest BCUT2D eigenvalue weighted by molar-refractivity contribution is 4.67. The van der Waals surface area contributed by atoms with Gasteiger partial charge in [-0.3, -0.25) is 0 Å². The van der Waals surface area contributed by atoms with Crippen molar-refractivity contribution in [2.75, 3.05) is 39.9 Å². The molecule has 1 fully saturated rings. The smallest absolute Gasteiger partial charge is 0.0469 e. The molecule has 15 heavy (non-hydrogen) atoms. The van der Waals surface area contributed by atoms with Crippen molar-refractivity contribution in [1.82, 2.24) is 4.90 Å². The van der Waals surface area contributed by atoms with E-state index in [1.165, 1.54) is 12.8 Å². The van der Waals surface area contributed by atoms with Gasteiger partial charge in [-0.15, -0.1) is 0 Å². The van der Waals surface area contributed by atoms with E-state index >= 15 is 0 Å². The molecule has 0 aromatic heterocycles. The number of ether oxygens (including phenoxy) is 1. The first-order valence-corrected chi connectivity index (χ1v) is 5.60. The molecule has 1 aliphatic rings. The molecule has 5 nitrogen and oxygen atoms in total. The lowest BCUT2D eigenvalue weighted by Crippen LogP contribution is -2.30. The van der Waals surface area contributed by atoms with Gasteiger partial charge in [0.05, 0.1) is 0 Å². The minimum Gasteiger partial charge on any atom is -0.381 e. The maximum atomic E-state index is 8.12. The molecule has 1 rings (SSSR count). The number of hydrogen-bond donors (Lipinski definition) is 0. The van der Waals surface area contributed by atoms with Gasteiger partial charge in [-0.05, 0) is 44.3 Å². The normalized spacial score (nSPS) is 17.7. The van der Waals surface area contributed by atoms with E-state index in [0.29, 0.717) is 6.54 Å². The van der Waals surface area contributed by atoms with Crippen molar-refractivity contribution in [2.24, 2.45) is 11.0 Å². The van der Waals surface area contributed by atoms with Gasteiger partial charge in [0.1, 0.15) is 0 Å². The summed E-state index contributed by atoms with van der Waals surface area (Å²) in [6.45, 7) is 4.58. The lowest BCUT2D eigenvalue weighted by molar-refractivity contribution is 0.0557. The van der Waals surface area contributed by atoms with Crippen molar-refractivity contribution in [3.8, 4) is 0 Å². The van der Waals surface area contributed by atoms with E-state index < -0.39 is 0 Å². The third kappa shape index (κ3) is 5.62. The Balaban J connectivity index is 2.06. The molecule has 0 atom stereocenters. The zero-order valence-electron chi connectivity index (χ0n) is 9.43. The van der Waals surface area contributed by atoms with E-state index in [1.807, 2.05) is 0 Å². The van der Waals surface area contributed by atoms with Crippen molar-refractivity contribution in [2.45, 2.75) is 19.3 Å². The zero-order valence-corrected chi connectivity index (χ0v) is 9.43. The average molecular weight is 212 g/mol. The van der Waals surface area contributed by atoms with Crippen molar-refractivity contribution in [1.29, 1.82) is 0 Å². The summed E-state index contributed by atoms with van der Waals surface area (Å²) >= 11 is 0. The van der Waals surface area contributed by atoms with Crippen LogP contribution >= 0.6 is 0 Å². The van der Waals surface area contributed by atoms with Gasteiger partial charge >= 0.3 is 0 Å². The van der Waals surface area contributed by atoms with Gasteiger partial charge in [0.2, 0.25) is 0 Å². The molecule has 0 amide bonds. The first-order chi connectivity index (χ1) is 7.33. The summed E-state index contributed by atoms with van der Waals surface area (Å²) in [5.41, 5.74) is 8.12. The molecule has 0 aromatic rings. The Kier molecular flexibility index (Phi) is 6.16. The fourth-order valence-corrected chi connectivity index (χ4v) is 1.92. The molecular formula is C10H20N4O. The lowest BCUT2D eigenvalue weighted by Gasteiger charge is -2.26. The van der Waals surface area contributed by atoms with Gasteiger partial charge in [0.15, 0.2) is 0 Å². The van der Waals surface area contributed by atoms with E-state index in [1.54, 1.807) is 0 Å². The van der Waals surface area contributed by atoms with Gasteiger partial charge < -0.3 is 9.64 Å². The molecule has 0 bridgehead atoms. The molecule has 0 saturated carbocycles. The second-order valence-corrected chi connectivity index (χ2v) is 4.13. The molecule has 0 aromatic carbocycles. The highest BCUT2D eigenvalue weighted by Gasteiger charge is 2.15. The molecule has 0 spiro atoms. The Hall–Kier alpha value is -0.770. The molecule has 1 heterocycles. The minimum atomic E-state index is 0.606. The fraction of sp³-hybridized carbons (Fsp3) is 1.00. The van der Waals surface area contributed by atoms with Crippen LogP contribution in [0.1, 0.15) is 19.3 Å². The second-order valence-electron chi connectivity index (χ2n) is 4.13. The topological polar surface area (TPSA) is 61.2 Å². The second kappa shape index (κ2) is 7.51. The first kappa shape index (κ1) is 12.3. The van der Waals surface area contributed by atoms with E-state index in [-0.39, 0.29) is 0 Å². The number of azide groups is 1. The molecule has 1 saturated heterocycles.